The zero-order valence-electron chi connectivity index (χ0n) is 26.8. The van der Waals surface area contributed by atoms with E-state index < -0.39 is 11.9 Å². The first-order valence-corrected chi connectivity index (χ1v) is 15.7. The predicted molar refractivity (Wildman–Crippen MR) is 191 cm³/mol. The molecule has 1 N–H and O–H groups in total. The maximum absolute atomic E-state index is 13.3. The number of nitrogens with zero attached hydrogens (tertiary/aromatic N) is 2. The van der Waals surface area contributed by atoms with Crippen molar-refractivity contribution in [2.24, 2.45) is 0 Å². The Bertz CT molecular complexity index is 2100. The molecular weight excluding hydrogens is 612 g/mol. The normalized spacial score (nSPS) is 14.0. The number of amides is 1. The lowest BCUT2D eigenvalue weighted by molar-refractivity contribution is 0.0670. The van der Waals surface area contributed by atoms with E-state index in [1.165, 1.54) is 0 Å². The van der Waals surface area contributed by atoms with Crippen LogP contribution in [0.25, 0.3) is 22.3 Å². The van der Waals surface area contributed by atoms with Crippen LogP contribution in [-0.4, -0.2) is 53.5 Å². The number of aromatic carboxylic acids is 1. The molecule has 0 radical (unpaired) electrons. The largest absolute Gasteiger partial charge is 0.478 e. The zero-order chi connectivity index (χ0) is 34.5. The molecule has 0 bridgehead atoms. The minimum absolute atomic E-state index is 0.0469. The molecule has 0 saturated carbocycles. The fourth-order valence-corrected chi connectivity index (χ4v) is 5.96. The van der Waals surface area contributed by atoms with Gasteiger partial charge in [0, 0.05) is 53.6 Å². The molecule has 5 aromatic rings. The first kappa shape index (κ1) is 32.4. The number of carboxylic acid groups (broad SMARTS) is 1. The highest BCUT2D eigenvalue weighted by Gasteiger charge is 2.29. The second-order valence-electron chi connectivity index (χ2n) is 11.8. The van der Waals surface area contributed by atoms with Crippen molar-refractivity contribution in [1.82, 2.24) is 4.90 Å². The molecule has 5 aromatic carbocycles. The van der Waals surface area contributed by atoms with E-state index in [0.717, 1.165) is 33.5 Å². The van der Waals surface area contributed by atoms with Gasteiger partial charge in [-0.05, 0) is 102 Å². The van der Waals surface area contributed by atoms with E-state index in [4.69, 9.17) is 17.6 Å². The standard InChI is InChI=1S/C42H32N2O5/c1-4-29-6-10-34(11-7-29)40(45)44-25-24-43(27-28(44)3)39-23-20-36(41(46)47)26-38(39)33-16-14-31(15-17-33)32-18-21-37(22-19-32)49-42(48)35-12-8-30(5-2)9-13-35/h1-2,6-23,26,28H,24-25,27H2,3H3,(H,46,47)/t28-/m0/s1. The Hall–Kier alpha value is -6.57. The summed E-state index contributed by atoms with van der Waals surface area (Å²) < 4.78 is 5.53. The molecule has 0 spiro atoms. The highest BCUT2D eigenvalue weighted by atomic mass is 16.5. The molecule has 1 heterocycles. The second kappa shape index (κ2) is 14.0. The molecule has 49 heavy (non-hydrogen) atoms. The lowest BCUT2D eigenvalue weighted by Crippen LogP contribution is -2.54. The van der Waals surface area contributed by atoms with Gasteiger partial charge < -0.3 is 19.6 Å². The van der Waals surface area contributed by atoms with Crippen LogP contribution in [-0.2, 0) is 0 Å². The van der Waals surface area contributed by atoms with Crippen LogP contribution in [0.2, 0.25) is 0 Å². The van der Waals surface area contributed by atoms with Crippen molar-refractivity contribution < 1.29 is 24.2 Å². The quantitative estimate of drug-likeness (QED) is 0.114. The van der Waals surface area contributed by atoms with Crippen LogP contribution in [0.3, 0.4) is 0 Å². The van der Waals surface area contributed by atoms with Crippen molar-refractivity contribution >= 4 is 23.5 Å². The molecule has 0 aromatic heterocycles. The van der Waals surface area contributed by atoms with Crippen LogP contribution in [0.4, 0.5) is 5.69 Å². The average molecular weight is 645 g/mol. The molecule has 1 aliphatic rings. The van der Waals surface area contributed by atoms with Gasteiger partial charge in [-0.2, -0.15) is 0 Å². The number of carboxylic acids is 1. The van der Waals surface area contributed by atoms with Gasteiger partial charge in [0.2, 0.25) is 0 Å². The van der Waals surface area contributed by atoms with Crippen molar-refractivity contribution in [2.45, 2.75) is 13.0 Å². The van der Waals surface area contributed by atoms with Gasteiger partial charge in [0.15, 0.2) is 0 Å². The molecule has 1 atom stereocenters. The van der Waals surface area contributed by atoms with Gasteiger partial charge in [0.05, 0.1) is 11.1 Å². The number of terminal acetylenes is 2. The smallest absolute Gasteiger partial charge is 0.343 e. The highest BCUT2D eigenvalue weighted by molar-refractivity contribution is 5.95. The number of esters is 1. The predicted octanol–water partition coefficient (Wildman–Crippen LogP) is 7.25. The third kappa shape index (κ3) is 7.07. The summed E-state index contributed by atoms with van der Waals surface area (Å²) in [7, 11) is 0. The van der Waals surface area contributed by atoms with E-state index in [-0.39, 0.29) is 17.5 Å². The van der Waals surface area contributed by atoms with E-state index in [0.29, 0.717) is 42.1 Å². The number of ether oxygens (including phenoxy) is 1. The summed E-state index contributed by atoms with van der Waals surface area (Å²) in [6.45, 7) is 3.70. The fourth-order valence-electron chi connectivity index (χ4n) is 5.96. The Labute approximate surface area is 285 Å². The third-order valence-electron chi connectivity index (χ3n) is 8.65. The molecule has 1 amide bonds. The van der Waals surface area contributed by atoms with Crippen molar-refractivity contribution in [3.05, 3.63) is 143 Å². The summed E-state index contributed by atoms with van der Waals surface area (Å²) in [4.78, 5) is 41.9. The highest BCUT2D eigenvalue weighted by Crippen LogP contribution is 2.35. The number of carbonyl (C=O) groups is 3. The van der Waals surface area contributed by atoms with Gasteiger partial charge in [-0.25, -0.2) is 9.59 Å². The number of rotatable bonds is 7. The molecule has 0 unspecified atom stereocenters. The summed E-state index contributed by atoms with van der Waals surface area (Å²) >= 11 is 0. The Morgan fingerprint density at radius 2 is 1.22 bits per heavy atom. The Kier molecular flexibility index (Phi) is 9.28. The average Bonchev–Trinajstić information content (AvgIpc) is 3.14. The first-order valence-electron chi connectivity index (χ1n) is 15.7. The SMILES string of the molecule is C#Cc1ccc(C(=O)Oc2ccc(-c3ccc(-c4cc(C(=O)O)ccc4N4CCN(C(=O)c5ccc(C#C)cc5)[C@@H](C)C4)cc3)cc2)cc1. The van der Waals surface area contributed by atoms with Crippen molar-refractivity contribution in [3.8, 4) is 52.7 Å². The lowest BCUT2D eigenvalue weighted by Gasteiger charge is -2.41. The number of benzene rings is 5. The maximum atomic E-state index is 13.3. The van der Waals surface area contributed by atoms with Crippen molar-refractivity contribution in [1.29, 1.82) is 0 Å². The van der Waals surface area contributed by atoms with Crippen LogP contribution in [0, 0.1) is 24.7 Å². The molecule has 7 nitrogen and oxygen atoms in total. The van der Waals surface area contributed by atoms with Crippen molar-refractivity contribution in [2.75, 3.05) is 24.5 Å². The minimum atomic E-state index is -1.01. The van der Waals surface area contributed by atoms with Gasteiger partial charge in [-0.15, -0.1) is 12.8 Å². The molecule has 240 valence electrons. The van der Waals surface area contributed by atoms with Crippen LogP contribution in [0.1, 0.15) is 49.1 Å². The third-order valence-corrected chi connectivity index (χ3v) is 8.65. The van der Waals surface area contributed by atoms with Crippen LogP contribution in [0.15, 0.2) is 115 Å². The Morgan fingerprint density at radius 1 is 0.694 bits per heavy atom. The summed E-state index contributed by atoms with van der Waals surface area (Å²) in [6.07, 6.45) is 10.9. The number of hydrogen-bond acceptors (Lipinski definition) is 5. The van der Waals surface area contributed by atoms with E-state index in [1.54, 1.807) is 72.8 Å². The summed E-state index contributed by atoms with van der Waals surface area (Å²) in [6, 6.07) is 33.9. The molecule has 1 aliphatic heterocycles. The zero-order valence-corrected chi connectivity index (χ0v) is 26.8. The molecule has 6 rings (SSSR count). The van der Waals surface area contributed by atoms with Crippen molar-refractivity contribution in [3.63, 3.8) is 0 Å². The van der Waals surface area contributed by atoms with Gasteiger partial charge >= 0.3 is 11.9 Å². The van der Waals surface area contributed by atoms with E-state index >= 15 is 0 Å². The van der Waals surface area contributed by atoms with Gasteiger partial charge in [0.1, 0.15) is 5.75 Å². The number of piperazine rings is 1. The summed E-state index contributed by atoms with van der Waals surface area (Å²) in [5.74, 6) is 3.99. The molecule has 7 heteroatoms. The summed E-state index contributed by atoms with van der Waals surface area (Å²) in [5, 5.41) is 9.79. The Balaban J connectivity index is 1.18. The molecule has 1 fully saturated rings. The van der Waals surface area contributed by atoms with E-state index in [2.05, 4.69) is 16.7 Å². The fraction of sp³-hybridized carbons (Fsp3) is 0.119. The number of carbonyl (C=O) groups excluding carboxylic acids is 2. The second-order valence-corrected chi connectivity index (χ2v) is 11.8. The lowest BCUT2D eigenvalue weighted by atomic mass is 9.96. The first-order chi connectivity index (χ1) is 23.7. The van der Waals surface area contributed by atoms with Crippen LogP contribution < -0.4 is 9.64 Å². The number of anilines is 1. The molecular formula is C42H32N2O5. The van der Waals surface area contributed by atoms with Crippen LogP contribution in [0.5, 0.6) is 5.75 Å². The van der Waals surface area contributed by atoms with Gasteiger partial charge in [-0.1, -0.05) is 48.2 Å². The monoisotopic (exact) mass is 644 g/mol. The van der Waals surface area contributed by atoms with Gasteiger partial charge in [-0.3, -0.25) is 4.79 Å². The van der Waals surface area contributed by atoms with Gasteiger partial charge in [0.25, 0.3) is 5.91 Å². The molecule has 0 aliphatic carbocycles. The molecule has 1 saturated heterocycles. The Morgan fingerprint density at radius 3 is 1.78 bits per heavy atom. The summed E-state index contributed by atoms with van der Waals surface area (Å²) in [5.41, 5.74) is 7.01. The number of hydrogen-bond donors (Lipinski definition) is 1. The van der Waals surface area contributed by atoms with Crippen LogP contribution >= 0.6 is 0 Å². The minimum Gasteiger partial charge on any atom is -0.478 e. The maximum Gasteiger partial charge on any atom is 0.343 e. The van der Waals surface area contributed by atoms with E-state index in [9.17, 15) is 19.5 Å². The topological polar surface area (TPSA) is 87.2 Å². The van der Waals surface area contributed by atoms with E-state index in [1.807, 2.05) is 54.3 Å².